The topological polar surface area (TPSA) is 47.6 Å². The highest BCUT2D eigenvalue weighted by molar-refractivity contribution is 5.34. The van der Waals surface area contributed by atoms with Crippen LogP contribution >= 0.6 is 0 Å². The molecule has 2 aromatic rings. The van der Waals surface area contributed by atoms with Crippen molar-refractivity contribution in [1.29, 1.82) is 10.5 Å². The summed E-state index contributed by atoms with van der Waals surface area (Å²) in [5, 5.41) is 17.0. The van der Waals surface area contributed by atoms with Crippen LogP contribution < -0.4 is 0 Å². The van der Waals surface area contributed by atoms with E-state index in [9.17, 15) is 0 Å². The molecule has 0 saturated carbocycles. The van der Waals surface area contributed by atoms with Gasteiger partial charge >= 0.3 is 0 Å². The van der Waals surface area contributed by atoms with Crippen molar-refractivity contribution in [2.24, 2.45) is 0 Å². The van der Waals surface area contributed by atoms with Crippen molar-refractivity contribution < 1.29 is 0 Å². The Labute approximate surface area is 134 Å². The van der Waals surface area contributed by atoms with Crippen LogP contribution in [0.25, 0.3) is 0 Å². The zero-order valence-corrected chi connectivity index (χ0v) is 14.1. The third-order valence-electron chi connectivity index (χ3n) is 2.86. The predicted molar refractivity (Wildman–Crippen MR) is 92.5 cm³/mol. The van der Waals surface area contributed by atoms with Gasteiger partial charge in [0, 0.05) is 0 Å². The summed E-state index contributed by atoms with van der Waals surface area (Å²) < 4.78 is 0. The molecule has 2 aromatic carbocycles. The van der Waals surface area contributed by atoms with E-state index in [4.69, 9.17) is 10.5 Å². The molecule has 114 valence electrons. The van der Waals surface area contributed by atoms with Gasteiger partial charge in [0.15, 0.2) is 0 Å². The predicted octanol–water partition coefficient (Wildman–Crippen LogP) is 5.57. The van der Waals surface area contributed by atoms with Crippen LogP contribution in [0.4, 0.5) is 0 Å². The number of hydrogen-bond acceptors (Lipinski definition) is 2. The summed E-state index contributed by atoms with van der Waals surface area (Å²) >= 11 is 0. The van der Waals surface area contributed by atoms with E-state index in [1.807, 2.05) is 69.3 Å². The zero-order valence-electron chi connectivity index (χ0n) is 14.1. The molecule has 22 heavy (non-hydrogen) atoms. The van der Waals surface area contributed by atoms with E-state index in [-0.39, 0.29) is 0 Å². The molecule has 0 heterocycles. The zero-order chi connectivity index (χ0) is 17.0. The highest BCUT2D eigenvalue weighted by Crippen LogP contribution is 2.14. The van der Waals surface area contributed by atoms with E-state index >= 15 is 0 Å². The molecule has 0 N–H and O–H groups in total. The Morgan fingerprint density at radius 2 is 1.36 bits per heavy atom. The first-order chi connectivity index (χ1) is 10.6. The summed E-state index contributed by atoms with van der Waals surface area (Å²) in [7, 11) is 0. The molecule has 0 radical (unpaired) electrons. The van der Waals surface area contributed by atoms with Gasteiger partial charge < -0.3 is 0 Å². The van der Waals surface area contributed by atoms with Gasteiger partial charge in [-0.05, 0) is 42.7 Å². The van der Waals surface area contributed by atoms with Crippen LogP contribution in [0.3, 0.4) is 0 Å². The van der Waals surface area contributed by atoms with Crippen molar-refractivity contribution >= 4 is 0 Å². The maximum Gasteiger partial charge on any atom is 0.0991 e. The molecular weight excluding hydrogens is 268 g/mol. The quantitative estimate of drug-likeness (QED) is 0.689. The molecule has 0 aromatic heterocycles. The second kappa shape index (κ2) is 11.1. The van der Waals surface area contributed by atoms with Crippen molar-refractivity contribution in [3.8, 4) is 12.1 Å². The summed E-state index contributed by atoms with van der Waals surface area (Å²) in [6.07, 6.45) is 0. The number of nitrogens with zero attached hydrogens (tertiary/aromatic N) is 2. The highest BCUT2D eigenvalue weighted by Gasteiger charge is 1.98. The summed E-state index contributed by atoms with van der Waals surface area (Å²) in [5.41, 5.74) is 3.88. The number of hydrogen-bond donors (Lipinski definition) is 0. The summed E-state index contributed by atoms with van der Waals surface area (Å²) in [5.74, 6) is 0.503. The van der Waals surface area contributed by atoms with Crippen LogP contribution in [0.5, 0.6) is 0 Å². The molecule has 0 aliphatic heterocycles. The molecule has 0 aliphatic rings. The van der Waals surface area contributed by atoms with Crippen molar-refractivity contribution in [2.75, 3.05) is 0 Å². The van der Waals surface area contributed by atoms with Crippen molar-refractivity contribution in [2.45, 2.75) is 40.5 Å². The standard InChI is InChI=1S/C10H11N.C8H7N.C2H6/c1-8(2)10-5-3-4-9(6-10)7-11;1-7-2-4-8(6-9)5-3-7;1-2/h3-6,8H,1-2H3;2-5H,1H3;1-2H3. The lowest BCUT2D eigenvalue weighted by molar-refractivity contribution is 0.866. The Morgan fingerprint density at radius 1 is 0.818 bits per heavy atom. The molecule has 2 nitrogen and oxygen atoms in total. The highest BCUT2D eigenvalue weighted by atomic mass is 14.2. The van der Waals surface area contributed by atoms with Gasteiger partial charge in [0.25, 0.3) is 0 Å². The van der Waals surface area contributed by atoms with Crippen molar-refractivity contribution in [3.63, 3.8) is 0 Å². The largest absolute Gasteiger partial charge is 0.192 e. The van der Waals surface area contributed by atoms with E-state index in [1.54, 1.807) is 0 Å². The fourth-order valence-electron chi connectivity index (χ4n) is 1.60. The number of nitriles is 2. The molecule has 0 fully saturated rings. The second-order valence-corrected chi connectivity index (χ2v) is 4.87. The Morgan fingerprint density at radius 3 is 1.82 bits per heavy atom. The Balaban J connectivity index is 0.000000366. The van der Waals surface area contributed by atoms with E-state index < -0.39 is 0 Å². The number of benzene rings is 2. The SMILES string of the molecule is CC.CC(C)c1cccc(C#N)c1.Cc1ccc(C#N)cc1. The maximum atomic E-state index is 8.59. The van der Waals surface area contributed by atoms with Crippen LogP contribution in [0, 0.1) is 29.6 Å². The minimum atomic E-state index is 0.503. The average Bonchev–Trinajstić information content (AvgIpc) is 2.58. The summed E-state index contributed by atoms with van der Waals surface area (Å²) in [6.45, 7) is 10.2. The van der Waals surface area contributed by atoms with Crippen LogP contribution in [-0.2, 0) is 0 Å². The van der Waals surface area contributed by atoms with Crippen LogP contribution in [-0.4, -0.2) is 0 Å². The van der Waals surface area contributed by atoms with Gasteiger partial charge in [0.2, 0.25) is 0 Å². The van der Waals surface area contributed by atoms with Gasteiger partial charge in [-0.15, -0.1) is 0 Å². The molecule has 2 heteroatoms. The summed E-state index contributed by atoms with van der Waals surface area (Å²) in [6, 6.07) is 19.4. The maximum absolute atomic E-state index is 8.59. The smallest absolute Gasteiger partial charge is 0.0991 e. The first-order valence-electron chi connectivity index (χ1n) is 7.53. The van der Waals surface area contributed by atoms with E-state index in [0.717, 1.165) is 11.1 Å². The summed E-state index contributed by atoms with van der Waals surface area (Å²) in [4.78, 5) is 0. The van der Waals surface area contributed by atoms with E-state index in [0.29, 0.717) is 5.92 Å². The molecule has 0 spiro atoms. The number of aryl methyl sites for hydroxylation is 1. The lowest BCUT2D eigenvalue weighted by Crippen LogP contribution is -1.86. The number of rotatable bonds is 1. The minimum Gasteiger partial charge on any atom is -0.192 e. The van der Waals surface area contributed by atoms with Gasteiger partial charge in [0.1, 0.15) is 0 Å². The third-order valence-corrected chi connectivity index (χ3v) is 2.86. The third kappa shape index (κ3) is 7.27. The molecule has 0 saturated heterocycles. The van der Waals surface area contributed by atoms with E-state index in [2.05, 4.69) is 26.0 Å². The molecule has 0 amide bonds. The average molecular weight is 292 g/mol. The van der Waals surface area contributed by atoms with E-state index in [1.165, 1.54) is 11.1 Å². The molecule has 0 bridgehead atoms. The van der Waals surface area contributed by atoms with Crippen LogP contribution in [0.2, 0.25) is 0 Å². The minimum absolute atomic E-state index is 0.503. The lowest BCUT2D eigenvalue weighted by Gasteiger charge is -2.03. The molecular formula is C20H24N2. The van der Waals surface area contributed by atoms with Gasteiger partial charge in [-0.25, -0.2) is 0 Å². The normalized spacial score (nSPS) is 8.55. The lowest BCUT2D eigenvalue weighted by atomic mass is 10.0. The van der Waals surface area contributed by atoms with Crippen molar-refractivity contribution in [3.05, 3.63) is 70.8 Å². The van der Waals surface area contributed by atoms with Gasteiger partial charge in [-0.1, -0.05) is 57.5 Å². The van der Waals surface area contributed by atoms with Crippen LogP contribution in [0.15, 0.2) is 48.5 Å². The van der Waals surface area contributed by atoms with Gasteiger partial charge in [-0.2, -0.15) is 10.5 Å². The molecule has 0 unspecified atom stereocenters. The fraction of sp³-hybridized carbons (Fsp3) is 0.300. The molecule has 0 aliphatic carbocycles. The first kappa shape index (κ1) is 19.4. The van der Waals surface area contributed by atoms with Gasteiger partial charge in [-0.3, -0.25) is 0 Å². The Bertz CT molecular complexity index is 626. The molecule has 0 atom stereocenters. The Hall–Kier alpha value is -2.58. The second-order valence-electron chi connectivity index (χ2n) is 4.87. The monoisotopic (exact) mass is 292 g/mol. The van der Waals surface area contributed by atoms with Crippen molar-refractivity contribution in [1.82, 2.24) is 0 Å². The fourth-order valence-corrected chi connectivity index (χ4v) is 1.60. The van der Waals surface area contributed by atoms with Gasteiger partial charge in [0.05, 0.1) is 23.3 Å². The Kier molecular flexibility index (Phi) is 9.82. The van der Waals surface area contributed by atoms with Crippen LogP contribution in [0.1, 0.15) is 55.9 Å². The molecule has 2 rings (SSSR count). The first-order valence-corrected chi connectivity index (χ1v) is 7.53.